The van der Waals surface area contributed by atoms with Crippen LogP contribution in [0.15, 0.2) is 27.6 Å². The number of hydrogen-bond donors (Lipinski definition) is 1. The molecule has 9 nitrogen and oxygen atoms in total. The first kappa shape index (κ1) is 20.1. The zero-order chi connectivity index (χ0) is 20.8. The molecule has 0 saturated heterocycles. The van der Waals surface area contributed by atoms with Crippen LogP contribution in [0.25, 0.3) is 11.2 Å². The number of ether oxygens (including phenoxy) is 1. The normalized spacial score (nSPS) is 20.3. The number of esters is 1. The van der Waals surface area contributed by atoms with Gasteiger partial charge in [0.15, 0.2) is 11.2 Å². The molecule has 1 N–H and O–H groups in total. The molecule has 1 aliphatic rings. The van der Waals surface area contributed by atoms with Crippen molar-refractivity contribution in [2.24, 2.45) is 20.0 Å². The van der Waals surface area contributed by atoms with Crippen LogP contribution < -0.4 is 11.2 Å². The summed E-state index contributed by atoms with van der Waals surface area (Å²) >= 11 is 0. The van der Waals surface area contributed by atoms with Crippen LogP contribution in [-0.2, 0) is 30.2 Å². The Labute approximate surface area is 161 Å². The second-order valence-electron chi connectivity index (χ2n) is 8.00. The van der Waals surface area contributed by atoms with E-state index in [1.165, 1.54) is 29.6 Å². The number of imidazole rings is 1. The Morgan fingerprint density at radius 2 is 2.00 bits per heavy atom. The lowest BCUT2D eigenvalue weighted by atomic mass is 9.78. The molecule has 28 heavy (non-hydrogen) atoms. The first-order chi connectivity index (χ1) is 13.0. The maximum atomic E-state index is 12.5. The van der Waals surface area contributed by atoms with Crippen molar-refractivity contribution in [3.05, 3.63) is 38.8 Å². The van der Waals surface area contributed by atoms with Crippen molar-refractivity contribution in [1.82, 2.24) is 18.7 Å². The average molecular weight is 390 g/mol. The van der Waals surface area contributed by atoms with Gasteiger partial charge in [-0.05, 0) is 45.1 Å². The summed E-state index contributed by atoms with van der Waals surface area (Å²) < 4.78 is 9.27. The Kier molecular flexibility index (Phi) is 5.05. The lowest BCUT2D eigenvalue weighted by molar-refractivity contribution is -0.150. The van der Waals surface area contributed by atoms with Crippen LogP contribution >= 0.6 is 0 Å². The Bertz CT molecular complexity index is 1070. The zero-order valence-corrected chi connectivity index (χ0v) is 16.8. The Morgan fingerprint density at radius 1 is 1.32 bits per heavy atom. The summed E-state index contributed by atoms with van der Waals surface area (Å²) in [5, 5.41) is 10.3. The molecule has 2 unspecified atom stereocenters. The van der Waals surface area contributed by atoms with Crippen LogP contribution in [-0.4, -0.2) is 41.5 Å². The van der Waals surface area contributed by atoms with Crippen molar-refractivity contribution in [2.75, 3.05) is 0 Å². The molecule has 0 spiro atoms. The van der Waals surface area contributed by atoms with Gasteiger partial charge in [-0.15, -0.1) is 0 Å². The molecule has 3 rings (SSSR count). The minimum absolute atomic E-state index is 0.00936. The van der Waals surface area contributed by atoms with Gasteiger partial charge in [0.2, 0.25) is 0 Å². The number of allylic oxidation sites excluding steroid dienone is 1. The molecule has 0 aliphatic heterocycles. The van der Waals surface area contributed by atoms with E-state index in [1.807, 2.05) is 13.0 Å². The van der Waals surface area contributed by atoms with Gasteiger partial charge in [0.1, 0.15) is 12.6 Å². The fraction of sp³-hybridized carbons (Fsp3) is 0.579. The van der Waals surface area contributed by atoms with Crippen LogP contribution in [0.5, 0.6) is 0 Å². The van der Waals surface area contributed by atoms with E-state index in [4.69, 9.17) is 4.74 Å². The highest BCUT2D eigenvalue weighted by atomic mass is 16.5. The number of aliphatic hydroxyl groups is 1. The van der Waals surface area contributed by atoms with Crippen molar-refractivity contribution in [3.8, 4) is 0 Å². The number of aryl methyl sites for hydroxylation is 1. The number of fused-ring (bicyclic) bond motifs is 1. The summed E-state index contributed by atoms with van der Waals surface area (Å²) in [4.78, 5) is 41.1. The molecule has 0 saturated carbocycles. The van der Waals surface area contributed by atoms with Crippen LogP contribution in [0.4, 0.5) is 0 Å². The van der Waals surface area contributed by atoms with E-state index in [2.05, 4.69) is 4.98 Å². The van der Waals surface area contributed by atoms with Gasteiger partial charge in [-0.3, -0.25) is 18.7 Å². The summed E-state index contributed by atoms with van der Waals surface area (Å²) in [5.41, 5.74) is -0.518. The molecule has 1 aliphatic carbocycles. The molecule has 2 heterocycles. The van der Waals surface area contributed by atoms with E-state index in [1.54, 1.807) is 13.8 Å². The highest BCUT2D eigenvalue weighted by molar-refractivity contribution is 5.75. The van der Waals surface area contributed by atoms with Gasteiger partial charge in [-0.2, -0.15) is 0 Å². The predicted octanol–water partition coefficient (Wildman–Crippen LogP) is 0.473. The number of carbonyl (C=O) groups excluding carboxylic acids is 1. The molecular formula is C19H26N4O5. The topological polar surface area (TPSA) is 108 Å². The monoisotopic (exact) mass is 390 g/mol. The van der Waals surface area contributed by atoms with Crippen molar-refractivity contribution < 1.29 is 14.6 Å². The lowest BCUT2D eigenvalue weighted by Crippen LogP contribution is -2.38. The third-order valence-corrected chi connectivity index (χ3v) is 5.52. The van der Waals surface area contributed by atoms with E-state index in [9.17, 15) is 19.5 Å². The minimum Gasteiger partial charge on any atom is -0.457 e. The first-order valence-corrected chi connectivity index (χ1v) is 9.20. The third-order valence-electron chi connectivity index (χ3n) is 5.52. The molecule has 2 aromatic heterocycles. The molecule has 9 heteroatoms. The van der Waals surface area contributed by atoms with Gasteiger partial charge in [-0.25, -0.2) is 9.78 Å². The van der Waals surface area contributed by atoms with E-state index in [0.717, 1.165) is 16.6 Å². The largest absolute Gasteiger partial charge is 0.457 e. The fourth-order valence-electron chi connectivity index (χ4n) is 3.57. The quantitative estimate of drug-likeness (QED) is 0.601. The Morgan fingerprint density at radius 3 is 2.64 bits per heavy atom. The average Bonchev–Trinajstić information content (AvgIpc) is 3.02. The summed E-state index contributed by atoms with van der Waals surface area (Å²) in [7, 11) is 2.90. The molecule has 0 aromatic carbocycles. The predicted molar refractivity (Wildman–Crippen MR) is 103 cm³/mol. The van der Waals surface area contributed by atoms with Crippen molar-refractivity contribution in [2.45, 2.75) is 51.9 Å². The maximum absolute atomic E-state index is 12.5. The maximum Gasteiger partial charge on any atom is 0.332 e. The van der Waals surface area contributed by atoms with Crippen LogP contribution in [0, 0.1) is 5.92 Å². The number of nitrogens with zero attached hydrogens (tertiary/aromatic N) is 4. The lowest BCUT2D eigenvalue weighted by Gasteiger charge is -2.35. The van der Waals surface area contributed by atoms with Crippen molar-refractivity contribution >= 4 is 17.1 Å². The highest BCUT2D eigenvalue weighted by Crippen LogP contribution is 2.33. The van der Waals surface area contributed by atoms with Crippen molar-refractivity contribution in [3.63, 3.8) is 0 Å². The van der Waals surface area contributed by atoms with Crippen LogP contribution in [0.1, 0.15) is 33.6 Å². The van der Waals surface area contributed by atoms with Crippen LogP contribution in [0.2, 0.25) is 0 Å². The summed E-state index contributed by atoms with van der Waals surface area (Å²) in [6, 6.07) is 0. The number of hydrogen-bond acceptors (Lipinski definition) is 6. The first-order valence-electron chi connectivity index (χ1n) is 9.20. The summed E-state index contributed by atoms with van der Waals surface area (Å²) in [5.74, 6) is -0.519. The van der Waals surface area contributed by atoms with E-state index in [0.29, 0.717) is 6.42 Å². The van der Waals surface area contributed by atoms with E-state index >= 15 is 0 Å². The number of rotatable bonds is 4. The fourth-order valence-corrected chi connectivity index (χ4v) is 3.57. The SMILES string of the molecule is CC1=CCC(C(C)(C)O)CC1OC(=O)Cn1cnc2c1c(=O)n(C)c(=O)n2C. The van der Waals surface area contributed by atoms with E-state index in [-0.39, 0.29) is 23.6 Å². The molecule has 152 valence electrons. The summed E-state index contributed by atoms with van der Waals surface area (Å²) in [6.07, 6.45) is 4.20. The van der Waals surface area contributed by atoms with Gasteiger partial charge in [0.05, 0.1) is 11.9 Å². The molecule has 0 radical (unpaired) electrons. The molecule has 2 aromatic rings. The van der Waals surface area contributed by atoms with Crippen LogP contribution in [0.3, 0.4) is 0 Å². The summed E-state index contributed by atoms with van der Waals surface area (Å²) in [6.45, 7) is 5.21. The molecule has 0 fully saturated rings. The zero-order valence-electron chi connectivity index (χ0n) is 16.8. The molecule has 0 bridgehead atoms. The standard InChI is InChI=1S/C19H26N4O5/c1-11-6-7-12(19(2,3)27)8-13(11)28-14(24)9-23-10-20-16-15(23)17(25)22(5)18(26)21(16)4/h6,10,12-13,27H,7-9H2,1-5H3. The molecular weight excluding hydrogens is 364 g/mol. The Hall–Kier alpha value is -2.68. The number of aromatic nitrogens is 4. The number of carbonyl (C=O) groups is 1. The van der Waals surface area contributed by atoms with Gasteiger partial charge in [0, 0.05) is 14.1 Å². The van der Waals surface area contributed by atoms with Gasteiger partial charge in [-0.1, -0.05) is 6.08 Å². The second-order valence-corrected chi connectivity index (χ2v) is 8.00. The van der Waals surface area contributed by atoms with Gasteiger partial charge in [0.25, 0.3) is 5.56 Å². The third kappa shape index (κ3) is 3.54. The van der Waals surface area contributed by atoms with Crippen molar-refractivity contribution in [1.29, 1.82) is 0 Å². The smallest absolute Gasteiger partial charge is 0.332 e. The van der Waals surface area contributed by atoms with E-state index < -0.39 is 28.9 Å². The highest BCUT2D eigenvalue weighted by Gasteiger charge is 2.33. The Balaban J connectivity index is 1.83. The minimum atomic E-state index is -0.862. The molecule has 0 amide bonds. The van der Waals surface area contributed by atoms with Gasteiger partial charge < -0.3 is 14.4 Å². The second kappa shape index (κ2) is 7.05. The molecule has 2 atom stereocenters. The van der Waals surface area contributed by atoms with Gasteiger partial charge >= 0.3 is 11.7 Å².